The van der Waals surface area contributed by atoms with Gasteiger partial charge in [-0.2, -0.15) is 0 Å². The fraction of sp³-hybridized carbons (Fsp3) is 0.857. The Kier molecular flexibility index (Phi) is 3.66. The van der Waals surface area contributed by atoms with Crippen molar-refractivity contribution in [1.82, 2.24) is 0 Å². The molecular formula is C21H32O2. The van der Waals surface area contributed by atoms with Crippen LogP contribution in [0.3, 0.4) is 0 Å². The third-order valence-corrected chi connectivity index (χ3v) is 7.63. The van der Waals surface area contributed by atoms with Gasteiger partial charge in [-0.15, -0.1) is 0 Å². The molecule has 0 aliphatic heterocycles. The van der Waals surface area contributed by atoms with Gasteiger partial charge >= 0.3 is 5.97 Å². The van der Waals surface area contributed by atoms with E-state index in [-0.39, 0.29) is 11.6 Å². The van der Waals surface area contributed by atoms with Crippen LogP contribution in [0.2, 0.25) is 0 Å². The fourth-order valence-corrected chi connectivity index (χ4v) is 7.11. The van der Waals surface area contributed by atoms with Crippen LogP contribution in [0, 0.1) is 29.1 Å². The summed E-state index contributed by atoms with van der Waals surface area (Å²) >= 11 is 0. The van der Waals surface area contributed by atoms with Gasteiger partial charge in [0.25, 0.3) is 0 Å². The van der Waals surface area contributed by atoms with Crippen LogP contribution in [0.15, 0.2) is 12.2 Å². The minimum absolute atomic E-state index is 0.131. The van der Waals surface area contributed by atoms with Crippen molar-refractivity contribution < 1.29 is 9.53 Å². The average molecular weight is 316 g/mol. The van der Waals surface area contributed by atoms with Crippen LogP contribution in [0.5, 0.6) is 0 Å². The normalized spacial score (nSPS) is 45.9. The molecule has 0 spiro atoms. The lowest BCUT2D eigenvalue weighted by Crippen LogP contribution is -2.65. The van der Waals surface area contributed by atoms with E-state index in [1.165, 1.54) is 64.2 Å². The van der Waals surface area contributed by atoms with Crippen molar-refractivity contribution >= 4 is 5.97 Å². The third-order valence-electron chi connectivity index (χ3n) is 7.63. The lowest BCUT2D eigenvalue weighted by atomic mass is 9.42. The molecule has 0 aromatic rings. The van der Waals surface area contributed by atoms with E-state index in [0.29, 0.717) is 28.7 Å². The Morgan fingerprint density at radius 3 is 2.13 bits per heavy atom. The lowest BCUT2D eigenvalue weighted by molar-refractivity contribution is -0.243. The van der Waals surface area contributed by atoms with E-state index in [9.17, 15) is 4.79 Å². The van der Waals surface area contributed by atoms with E-state index >= 15 is 0 Å². The zero-order valence-electron chi connectivity index (χ0n) is 14.9. The number of hydrogen-bond acceptors (Lipinski definition) is 2. The summed E-state index contributed by atoms with van der Waals surface area (Å²) in [5, 5.41) is 0. The molecule has 5 aliphatic carbocycles. The number of rotatable bonds is 3. The van der Waals surface area contributed by atoms with Crippen molar-refractivity contribution in [2.45, 2.75) is 83.7 Å². The van der Waals surface area contributed by atoms with E-state index < -0.39 is 0 Å². The SMILES string of the molecule is C=C(C)C(=O)OC1(C2CCCCC2)C2CC3CC1CC(C)(C3)C2. The molecule has 5 aliphatic rings. The van der Waals surface area contributed by atoms with Crippen molar-refractivity contribution in [3.8, 4) is 0 Å². The average Bonchev–Trinajstić information content (AvgIpc) is 2.50. The molecule has 0 N–H and O–H groups in total. The second-order valence-corrected chi connectivity index (χ2v) is 9.51. The van der Waals surface area contributed by atoms with Crippen LogP contribution in [0.1, 0.15) is 78.1 Å². The summed E-state index contributed by atoms with van der Waals surface area (Å²) in [4.78, 5) is 12.5. The van der Waals surface area contributed by atoms with E-state index in [1.807, 2.05) is 0 Å². The Morgan fingerprint density at radius 1 is 1.00 bits per heavy atom. The predicted octanol–water partition coefficient (Wildman–Crippen LogP) is 5.27. The molecule has 2 heteroatoms. The maximum atomic E-state index is 12.5. The summed E-state index contributed by atoms with van der Waals surface area (Å²) < 4.78 is 6.42. The largest absolute Gasteiger partial charge is 0.455 e. The number of esters is 1. The summed E-state index contributed by atoms with van der Waals surface area (Å²) in [6, 6.07) is 0. The number of ether oxygens (including phenoxy) is 1. The summed E-state index contributed by atoms with van der Waals surface area (Å²) in [6.45, 7) is 8.14. The van der Waals surface area contributed by atoms with Gasteiger partial charge in [0, 0.05) is 17.4 Å². The molecule has 2 unspecified atom stereocenters. The van der Waals surface area contributed by atoms with Crippen LogP contribution in [-0.4, -0.2) is 11.6 Å². The smallest absolute Gasteiger partial charge is 0.333 e. The van der Waals surface area contributed by atoms with Crippen molar-refractivity contribution in [3.63, 3.8) is 0 Å². The van der Waals surface area contributed by atoms with E-state index in [4.69, 9.17) is 4.74 Å². The molecule has 0 amide bonds. The maximum Gasteiger partial charge on any atom is 0.333 e. The first-order chi connectivity index (χ1) is 10.9. The lowest BCUT2D eigenvalue weighted by Gasteiger charge is -2.66. The van der Waals surface area contributed by atoms with Crippen LogP contribution in [0.25, 0.3) is 0 Å². The Morgan fingerprint density at radius 2 is 1.61 bits per heavy atom. The molecule has 4 bridgehead atoms. The number of carbonyl (C=O) groups is 1. The molecule has 0 saturated heterocycles. The van der Waals surface area contributed by atoms with Crippen LogP contribution in [-0.2, 0) is 9.53 Å². The van der Waals surface area contributed by atoms with Crippen LogP contribution >= 0.6 is 0 Å². The molecule has 23 heavy (non-hydrogen) atoms. The van der Waals surface area contributed by atoms with E-state index in [0.717, 1.165) is 5.92 Å². The monoisotopic (exact) mass is 316 g/mol. The van der Waals surface area contributed by atoms with Gasteiger partial charge in [0.1, 0.15) is 5.60 Å². The highest BCUT2D eigenvalue weighted by molar-refractivity contribution is 5.87. The number of hydrogen-bond donors (Lipinski definition) is 0. The molecular weight excluding hydrogens is 284 g/mol. The van der Waals surface area contributed by atoms with Crippen LogP contribution < -0.4 is 0 Å². The Bertz CT molecular complexity index is 498. The molecule has 2 atom stereocenters. The predicted molar refractivity (Wildman–Crippen MR) is 91.9 cm³/mol. The van der Waals surface area contributed by atoms with Gasteiger partial charge in [0.15, 0.2) is 0 Å². The minimum Gasteiger partial charge on any atom is -0.455 e. The molecule has 0 aromatic heterocycles. The summed E-state index contributed by atoms with van der Waals surface area (Å²) in [7, 11) is 0. The Hall–Kier alpha value is -0.790. The van der Waals surface area contributed by atoms with E-state index in [1.54, 1.807) is 6.92 Å². The first-order valence-corrected chi connectivity index (χ1v) is 9.82. The molecule has 5 fully saturated rings. The van der Waals surface area contributed by atoms with Crippen molar-refractivity contribution in [2.24, 2.45) is 29.1 Å². The summed E-state index contributed by atoms with van der Waals surface area (Å²) in [5.74, 6) is 2.55. The van der Waals surface area contributed by atoms with Gasteiger partial charge in [-0.25, -0.2) is 4.79 Å². The molecule has 128 valence electrons. The highest BCUT2D eigenvalue weighted by Gasteiger charge is 2.65. The first kappa shape index (κ1) is 15.7. The standard InChI is InChI=1S/C21H32O2/c1-14(2)19(22)23-21(16-7-5-4-6-8-16)17-9-15-10-18(21)13-20(3,11-15)12-17/h15-18H,1,4-13H2,2-3H3. The Balaban J connectivity index is 1.70. The molecule has 5 saturated carbocycles. The van der Waals surface area contributed by atoms with Crippen molar-refractivity contribution in [3.05, 3.63) is 12.2 Å². The molecule has 0 aromatic carbocycles. The zero-order chi connectivity index (χ0) is 16.2. The topological polar surface area (TPSA) is 26.3 Å². The van der Waals surface area contributed by atoms with Gasteiger partial charge < -0.3 is 4.74 Å². The minimum atomic E-state index is -0.160. The maximum absolute atomic E-state index is 12.5. The second-order valence-electron chi connectivity index (χ2n) is 9.51. The Labute approximate surface area is 141 Å². The van der Waals surface area contributed by atoms with Gasteiger partial charge in [-0.3, -0.25) is 0 Å². The fourth-order valence-electron chi connectivity index (χ4n) is 7.11. The molecule has 5 rings (SSSR count). The third kappa shape index (κ3) is 2.39. The molecule has 2 nitrogen and oxygen atoms in total. The number of carbonyl (C=O) groups excluding carboxylic acids is 1. The second kappa shape index (κ2) is 5.36. The van der Waals surface area contributed by atoms with Crippen molar-refractivity contribution in [2.75, 3.05) is 0 Å². The van der Waals surface area contributed by atoms with Gasteiger partial charge in [-0.05, 0) is 69.1 Å². The first-order valence-electron chi connectivity index (χ1n) is 9.82. The zero-order valence-corrected chi connectivity index (χ0v) is 14.9. The molecule has 0 heterocycles. The van der Waals surface area contributed by atoms with Crippen molar-refractivity contribution in [1.29, 1.82) is 0 Å². The molecule has 0 radical (unpaired) electrons. The van der Waals surface area contributed by atoms with Crippen LogP contribution in [0.4, 0.5) is 0 Å². The highest BCUT2D eigenvalue weighted by Crippen LogP contribution is 2.67. The van der Waals surface area contributed by atoms with Gasteiger partial charge in [0.2, 0.25) is 0 Å². The van der Waals surface area contributed by atoms with E-state index in [2.05, 4.69) is 13.5 Å². The highest BCUT2D eigenvalue weighted by atomic mass is 16.6. The summed E-state index contributed by atoms with van der Waals surface area (Å²) in [6.07, 6.45) is 13.1. The summed E-state index contributed by atoms with van der Waals surface area (Å²) in [5.41, 5.74) is 0.928. The van der Waals surface area contributed by atoms with Gasteiger partial charge in [-0.1, -0.05) is 32.8 Å². The quantitative estimate of drug-likeness (QED) is 0.523. The van der Waals surface area contributed by atoms with Gasteiger partial charge in [0.05, 0.1) is 0 Å².